The maximum atomic E-state index is 13.9. The largest absolute Gasteiger partial charge is 0.340 e. The number of anilines is 1. The number of halogens is 5. The smallest absolute Gasteiger partial charge is 0.263 e. The molecule has 1 aliphatic heterocycles. The highest BCUT2D eigenvalue weighted by molar-refractivity contribution is 5.79. The van der Waals surface area contributed by atoms with Crippen LogP contribution < -0.4 is 10.6 Å². The monoisotopic (exact) mass is 410 g/mol. The fourth-order valence-electron chi connectivity index (χ4n) is 3.59. The highest BCUT2D eigenvalue weighted by atomic mass is 19.3. The van der Waals surface area contributed by atoms with E-state index in [2.05, 4.69) is 4.98 Å². The van der Waals surface area contributed by atoms with Gasteiger partial charge in [-0.1, -0.05) is 24.3 Å². The molecule has 3 aromatic rings. The van der Waals surface area contributed by atoms with Gasteiger partial charge in [0.15, 0.2) is 11.6 Å². The molecule has 0 saturated carbocycles. The number of benzene rings is 2. The van der Waals surface area contributed by atoms with Gasteiger partial charge < -0.3 is 15.2 Å². The Labute approximate surface area is 163 Å². The van der Waals surface area contributed by atoms with Gasteiger partial charge in [-0.25, -0.2) is 26.9 Å². The third kappa shape index (κ3) is 3.78. The van der Waals surface area contributed by atoms with Gasteiger partial charge in [-0.2, -0.15) is 0 Å². The molecule has 0 radical (unpaired) electrons. The summed E-state index contributed by atoms with van der Waals surface area (Å²) in [4.78, 5) is 6.21. The Bertz CT molecular complexity index is 1020. The molecular weight excluding hydrogens is 391 g/mol. The molecule has 0 aliphatic carbocycles. The van der Waals surface area contributed by atoms with Gasteiger partial charge in [0.1, 0.15) is 6.17 Å². The Morgan fingerprint density at radius 2 is 1.79 bits per heavy atom. The van der Waals surface area contributed by atoms with Gasteiger partial charge in [0, 0.05) is 30.8 Å². The lowest BCUT2D eigenvalue weighted by Gasteiger charge is -2.34. The Morgan fingerprint density at radius 3 is 2.45 bits per heavy atom. The lowest BCUT2D eigenvalue weighted by molar-refractivity contribution is 0.151. The van der Waals surface area contributed by atoms with E-state index in [4.69, 9.17) is 5.73 Å². The molecule has 1 aromatic heterocycles. The van der Waals surface area contributed by atoms with Crippen LogP contribution in [0.15, 0.2) is 36.4 Å². The minimum atomic E-state index is -2.57. The molecular formula is C20H19F5N4. The standard InChI is InChI=1S/C20H19F5N4/c21-13-5-6-28(10-16(13)26)20-27-17-7-14(22)15(23)8-18(17)29(20)9-11-1-3-12(4-2-11)19(24)25/h1-4,7-8,13,16,19H,5-6,9-10,26H2/t13?,16-/m1/s1. The summed E-state index contributed by atoms with van der Waals surface area (Å²) in [6.07, 6.45) is -3.48. The van der Waals surface area contributed by atoms with Crippen LogP contribution in [0, 0.1) is 11.6 Å². The van der Waals surface area contributed by atoms with Crippen molar-refractivity contribution < 1.29 is 22.0 Å². The highest BCUT2D eigenvalue weighted by Crippen LogP contribution is 2.29. The van der Waals surface area contributed by atoms with E-state index >= 15 is 0 Å². The minimum absolute atomic E-state index is 0.103. The first-order valence-corrected chi connectivity index (χ1v) is 9.20. The summed E-state index contributed by atoms with van der Waals surface area (Å²) in [6.45, 7) is 0.762. The Kier molecular flexibility index (Phi) is 5.16. The van der Waals surface area contributed by atoms with Crippen LogP contribution in [0.5, 0.6) is 0 Å². The number of hydrogen-bond donors (Lipinski definition) is 1. The molecule has 154 valence electrons. The Hall–Kier alpha value is -2.68. The van der Waals surface area contributed by atoms with E-state index in [-0.39, 0.29) is 30.6 Å². The highest BCUT2D eigenvalue weighted by Gasteiger charge is 2.29. The molecule has 9 heteroatoms. The van der Waals surface area contributed by atoms with Crippen molar-refractivity contribution in [3.05, 3.63) is 59.2 Å². The van der Waals surface area contributed by atoms with Crippen molar-refractivity contribution in [2.24, 2.45) is 5.73 Å². The SMILES string of the molecule is N[C@@H]1CN(c2nc3cc(F)c(F)cc3n2Cc2ccc(C(F)F)cc2)CCC1F. The summed E-state index contributed by atoms with van der Waals surface area (Å²) in [5, 5.41) is 0. The van der Waals surface area contributed by atoms with Gasteiger partial charge in [-0.15, -0.1) is 0 Å². The van der Waals surface area contributed by atoms with Gasteiger partial charge >= 0.3 is 0 Å². The number of piperidine rings is 1. The summed E-state index contributed by atoms with van der Waals surface area (Å²) >= 11 is 0. The second-order valence-corrected chi connectivity index (χ2v) is 7.21. The fraction of sp³-hybridized carbons (Fsp3) is 0.350. The van der Waals surface area contributed by atoms with E-state index in [1.54, 1.807) is 21.6 Å². The van der Waals surface area contributed by atoms with Crippen LogP contribution in [0.3, 0.4) is 0 Å². The quantitative estimate of drug-likeness (QED) is 0.657. The average Bonchev–Trinajstić information content (AvgIpc) is 3.02. The van der Waals surface area contributed by atoms with Crippen LogP contribution in [0.25, 0.3) is 11.0 Å². The molecule has 2 N–H and O–H groups in total. The molecule has 4 nitrogen and oxygen atoms in total. The van der Waals surface area contributed by atoms with Gasteiger partial charge in [-0.3, -0.25) is 0 Å². The van der Waals surface area contributed by atoms with Crippen LogP contribution in [0.1, 0.15) is 24.0 Å². The molecule has 2 heterocycles. The zero-order valence-corrected chi connectivity index (χ0v) is 15.3. The van der Waals surface area contributed by atoms with E-state index in [0.717, 1.165) is 12.1 Å². The zero-order valence-electron chi connectivity index (χ0n) is 15.3. The van der Waals surface area contributed by atoms with Crippen molar-refractivity contribution in [3.63, 3.8) is 0 Å². The number of rotatable bonds is 4. The normalized spacial score (nSPS) is 20.0. The predicted molar refractivity (Wildman–Crippen MR) is 99.9 cm³/mol. The molecule has 0 spiro atoms. The van der Waals surface area contributed by atoms with E-state index in [9.17, 15) is 22.0 Å². The van der Waals surface area contributed by atoms with Crippen molar-refractivity contribution in [2.45, 2.75) is 31.6 Å². The van der Waals surface area contributed by atoms with Crippen LogP contribution in [0.4, 0.5) is 27.9 Å². The topological polar surface area (TPSA) is 47.1 Å². The molecule has 1 aliphatic rings. The first-order chi connectivity index (χ1) is 13.8. The molecule has 4 rings (SSSR count). The van der Waals surface area contributed by atoms with E-state index < -0.39 is 30.3 Å². The molecule has 0 amide bonds. The van der Waals surface area contributed by atoms with Crippen molar-refractivity contribution in [2.75, 3.05) is 18.0 Å². The first-order valence-electron chi connectivity index (χ1n) is 9.20. The van der Waals surface area contributed by atoms with Gasteiger partial charge in [0.05, 0.1) is 23.6 Å². The van der Waals surface area contributed by atoms with Crippen molar-refractivity contribution in [3.8, 4) is 0 Å². The lowest BCUT2D eigenvalue weighted by Crippen LogP contribution is -2.50. The number of hydrogen-bond acceptors (Lipinski definition) is 3. The molecule has 1 saturated heterocycles. The molecule has 0 bridgehead atoms. The molecule has 2 aromatic carbocycles. The second kappa shape index (κ2) is 7.62. The van der Waals surface area contributed by atoms with Gasteiger partial charge in [0.25, 0.3) is 6.43 Å². The van der Waals surface area contributed by atoms with Crippen molar-refractivity contribution >= 4 is 17.0 Å². The predicted octanol–water partition coefficient (Wildman–Crippen LogP) is 4.18. The fourth-order valence-corrected chi connectivity index (χ4v) is 3.59. The summed E-state index contributed by atoms with van der Waals surface area (Å²) in [7, 11) is 0. The van der Waals surface area contributed by atoms with E-state index in [1.807, 2.05) is 0 Å². The maximum Gasteiger partial charge on any atom is 0.263 e. The number of nitrogens with two attached hydrogens (primary N) is 1. The number of alkyl halides is 3. The second-order valence-electron chi connectivity index (χ2n) is 7.21. The zero-order chi connectivity index (χ0) is 20.7. The molecule has 1 fully saturated rings. The first kappa shape index (κ1) is 19.6. The summed E-state index contributed by atoms with van der Waals surface area (Å²) in [5.74, 6) is -1.63. The van der Waals surface area contributed by atoms with Gasteiger partial charge in [0.2, 0.25) is 5.95 Å². The number of fused-ring (bicyclic) bond motifs is 1. The average molecular weight is 410 g/mol. The Balaban J connectivity index is 1.76. The Morgan fingerprint density at radius 1 is 1.10 bits per heavy atom. The van der Waals surface area contributed by atoms with E-state index in [0.29, 0.717) is 23.6 Å². The summed E-state index contributed by atoms with van der Waals surface area (Å²) in [6, 6.07) is 7.11. The van der Waals surface area contributed by atoms with Crippen LogP contribution in [-0.2, 0) is 6.54 Å². The summed E-state index contributed by atoms with van der Waals surface area (Å²) < 4.78 is 68.7. The van der Waals surface area contributed by atoms with E-state index in [1.165, 1.54) is 12.1 Å². The third-order valence-electron chi connectivity index (χ3n) is 5.20. The van der Waals surface area contributed by atoms with Gasteiger partial charge in [-0.05, 0) is 12.0 Å². The van der Waals surface area contributed by atoms with Crippen LogP contribution >= 0.6 is 0 Å². The molecule has 2 atom stereocenters. The summed E-state index contributed by atoms with van der Waals surface area (Å²) in [5.41, 5.74) is 7.04. The van der Waals surface area contributed by atoms with Crippen molar-refractivity contribution in [1.29, 1.82) is 0 Å². The molecule has 29 heavy (non-hydrogen) atoms. The number of nitrogens with zero attached hydrogens (tertiary/aromatic N) is 3. The third-order valence-corrected chi connectivity index (χ3v) is 5.20. The number of imidazole rings is 1. The van der Waals surface area contributed by atoms with Crippen LogP contribution in [-0.4, -0.2) is 34.9 Å². The van der Waals surface area contributed by atoms with Crippen LogP contribution in [0.2, 0.25) is 0 Å². The minimum Gasteiger partial charge on any atom is -0.340 e. The molecule has 1 unspecified atom stereocenters. The lowest BCUT2D eigenvalue weighted by atomic mass is 10.1. The number of aromatic nitrogens is 2. The van der Waals surface area contributed by atoms with Crippen molar-refractivity contribution in [1.82, 2.24) is 9.55 Å². The maximum absolute atomic E-state index is 13.9.